The Morgan fingerprint density at radius 2 is 2.12 bits per heavy atom. The lowest BCUT2D eigenvalue weighted by Gasteiger charge is -2.31. The maximum absolute atomic E-state index is 12.2. The van der Waals surface area contributed by atoms with Crippen molar-refractivity contribution in [1.29, 1.82) is 0 Å². The summed E-state index contributed by atoms with van der Waals surface area (Å²) in [4.78, 5) is 13.9. The number of nitrogens with zero attached hydrogens (tertiary/aromatic N) is 1. The smallest absolute Gasteiger partial charge is 0.256 e. The van der Waals surface area contributed by atoms with Crippen LogP contribution < -0.4 is 0 Å². The van der Waals surface area contributed by atoms with Crippen molar-refractivity contribution in [3.63, 3.8) is 0 Å². The van der Waals surface area contributed by atoms with Crippen molar-refractivity contribution in [2.45, 2.75) is 12.8 Å². The fraction of sp³-hybridized carbons (Fsp3) is 0.545. The number of hydrogen-bond acceptors (Lipinski definition) is 3. The van der Waals surface area contributed by atoms with E-state index in [1.54, 1.807) is 11.0 Å². The van der Waals surface area contributed by atoms with Crippen LogP contribution in [0.4, 0.5) is 0 Å². The lowest BCUT2D eigenvalue weighted by molar-refractivity contribution is 0.0651. The highest BCUT2D eigenvalue weighted by atomic mass is 35.5. The van der Waals surface area contributed by atoms with Gasteiger partial charge in [0.25, 0.3) is 5.91 Å². The molecule has 0 spiro atoms. The van der Waals surface area contributed by atoms with Gasteiger partial charge in [0.1, 0.15) is 4.34 Å². The van der Waals surface area contributed by atoms with E-state index < -0.39 is 0 Å². The van der Waals surface area contributed by atoms with Crippen molar-refractivity contribution < 1.29 is 9.90 Å². The molecular weight excluding hydrogens is 281 g/mol. The van der Waals surface area contributed by atoms with Crippen molar-refractivity contribution in [1.82, 2.24) is 4.90 Å². The highest BCUT2D eigenvalue weighted by molar-refractivity contribution is 7.20. The predicted octanol–water partition coefficient (Wildman–Crippen LogP) is 2.90. The third-order valence-corrected chi connectivity index (χ3v) is 4.53. The van der Waals surface area contributed by atoms with Crippen LogP contribution in [0.3, 0.4) is 0 Å². The molecule has 2 rings (SSSR count). The standard InChI is InChI=1S/C11H13Cl2NO2S/c12-9-5-8(10(13)17-9)11(16)14-3-1-7(6-15)2-4-14/h5,7,15H,1-4,6H2. The van der Waals surface area contributed by atoms with E-state index in [0.29, 0.717) is 33.2 Å². The van der Waals surface area contributed by atoms with Gasteiger partial charge >= 0.3 is 0 Å². The minimum absolute atomic E-state index is 0.0606. The summed E-state index contributed by atoms with van der Waals surface area (Å²) in [5.41, 5.74) is 0.490. The summed E-state index contributed by atoms with van der Waals surface area (Å²) < 4.78 is 0.980. The second-order valence-corrected chi connectivity index (χ2v) is 6.44. The zero-order valence-electron chi connectivity index (χ0n) is 9.16. The summed E-state index contributed by atoms with van der Waals surface area (Å²) in [6.07, 6.45) is 1.69. The molecule has 3 nitrogen and oxygen atoms in total. The van der Waals surface area contributed by atoms with Gasteiger partial charge in [0, 0.05) is 19.7 Å². The van der Waals surface area contributed by atoms with Crippen molar-refractivity contribution in [3.05, 3.63) is 20.3 Å². The third-order valence-electron chi connectivity index (χ3n) is 3.05. The molecule has 1 saturated heterocycles. The minimum Gasteiger partial charge on any atom is -0.396 e. The van der Waals surface area contributed by atoms with E-state index in [4.69, 9.17) is 28.3 Å². The van der Waals surface area contributed by atoms with Crippen LogP contribution in [-0.2, 0) is 0 Å². The highest BCUT2D eigenvalue weighted by Gasteiger charge is 2.25. The van der Waals surface area contributed by atoms with Crippen LogP contribution in [0.2, 0.25) is 8.67 Å². The first-order chi connectivity index (χ1) is 8.11. The highest BCUT2D eigenvalue weighted by Crippen LogP contribution is 2.32. The first-order valence-electron chi connectivity index (χ1n) is 5.46. The molecule has 0 radical (unpaired) electrons. The number of thiophene rings is 1. The Bertz CT molecular complexity index is 414. The lowest BCUT2D eigenvalue weighted by atomic mass is 9.97. The molecule has 0 aromatic carbocycles. The summed E-state index contributed by atoms with van der Waals surface area (Å²) in [5, 5.41) is 9.04. The molecule has 0 aliphatic carbocycles. The molecule has 94 valence electrons. The summed E-state index contributed by atoms with van der Waals surface area (Å²) >= 11 is 13.0. The number of rotatable bonds is 2. The van der Waals surface area contributed by atoms with Gasteiger partial charge in [-0.3, -0.25) is 4.79 Å². The van der Waals surface area contributed by atoms with Crippen LogP contribution in [-0.4, -0.2) is 35.6 Å². The molecule has 1 aliphatic heterocycles. The number of halogens is 2. The van der Waals surface area contributed by atoms with Crippen LogP contribution in [0.1, 0.15) is 23.2 Å². The molecule has 1 aromatic heterocycles. The zero-order chi connectivity index (χ0) is 12.4. The van der Waals surface area contributed by atoms with E-state index in [9.17, 15) is 4.79 Å². The summed E-state index contributed by atoms with van der Waals surface area (Å²) in [7, 11) is 0. The van der Waals surface area contributed by atoms with Crippen LogP contribution in [0, 0.1) is 5.92 Å². The average Bonchev–Trinajstić information content (AvgIpc) is 2.68. The number of amides is 1. The topological polar surface area (TPSA) is 40.5 Å². The fourth-order valence-electron chi connectivity index (χ4n) is 1.98. The molecule has 0 atom stereocenters. The maximum atomic E-state index is 12.2. The van der Waals surface area contributed by atoms with Gasteiger partial charge in [-0.1, -0.05) is 23.2 Å². The van der Waals surface area contributed by atoms with Gasteiger partial charge in [-0.2, -0.15) is 0 Å². The van der Waals surface area contributed by atoms with Gasteiger partial charge in [-0.25, -0.2) is 0 Å². The quantitative estimate of drug-likeness (QED) is 0.911. The van der Waals surface area contributed by atoms with Gasteiger partial charge in [0.2, 0.25) is 0 Å². The zero-order valence-corrected chi connectivity index (χ0v) is 11.5. The van der Waals surface area contributed by atoms with E-state index >= 15 is 0 Å². The number of aliphatic hydroxyl groups is 1. The Balaban J connectivity index is 2.04. The van der Waals surface area contributed by atoms with E-state index in [-0.39, 0.29) is 12.5 Å². The number of aliphatic hydroxyl groups excluding tert-OH is 1. The van der Waals surface area contributed by atoms with E-state index in [2.05, 4.69) is 0 Å². The van der Waals surface area contributed by atoms with Crippen molar-refractivity contribution in [2.75, 3.05) is 19.7 Å². The molecule has 0 bridgehead atoms. The summed E-state index contributed by atoms with van der Waals surface area (Å²) in [6, 6.07) is 1.62. The Morgan fingerprint density at radius 1 is 1.47 bits per heavy atom. The molecule has 17 heavy (non-hydrogen) atoms. The SMILES string of the molecule is O=C(c1cc(Cl)sc1Cl)N1CCC(CO)CC1. The molecule has 1 amide bonds. The van der Waals surface area contributed by atoms with E-state index in [1.807, 2.05) is 0 Å². The van der Waals surface area contributed by atoms with Gasteiger partial charge in [-0.05, 0) is 24.8 Å². The number of carbonyl (C=O) groups excluding carboxylic acids is 1. The second-order valence-electron chi connectivity index (χ2n) is 4.16. The molecule has 1 fully saturated rings. The Morgan fingerprint density at radius 3 is 2.59 bits per heavy atom. The predicted molar refractivity (Wildman–Crippen MR) is 70.1 cm³/mol. The van der Waals surface area contributed by atoms with Gasteiger partial charge in [0.15, 0.2) is 0 Å². The Kier molecular flexibility index (Phi) is 4.31. The monoisotopic (exact) mass is 293 g/mol. The van der Waals surface area contributed by atoms with Crippen molar-refractivity contribution in [2.24, 2.45) is 5.92 Å². The van der Waals surface area contributed by atoms with Gasteiger partial charge in [0.05, 0.1) is 9.90 Å². The normalized spacial score (nSPS) is 17.5. The van der Waals surface area contributed by atoms with Crippen LogP contribution in [0.15, 0.2) is 6.07 Å². The van der Waals surface area contributed by atoms with Crippen molar-refractivity contribution in [3.8, 4) is 0 Å². The fourth-order valence-corrected chi connectivity index (χ4v) is 3.42. The third kappa shape index (κ3) is 2.94. The van der Waals surface area contributed by atoms with Gasteiger partial charge < -0.3 is 10.0 Å². The van der Waals surface area contributed by atoms with E-state index in [1.165, 1.54) is 11.3 Å². The van der Waals surface area contributed by atoms with Crippen LogP contribution in [0.5, 0.6) is 0 Å². The number of likely N-dealkylation sites (tertiary alicyclic amines) is 1. The van der Waals surface area contributed by atoms with Crippen molar-refractivity contribution >= 4 is 40.4 Å². The molecule has 1 aliphatic rings. The first kappa shape index (κ1) is 13.1. The largest absolute Gasteiger partial charge is 0.396 e. The molecule has 6 heteroatoms. The number of carbonyl (C=O) groups is 1. The summed E-state index contributed by atoms with van der Waals surface area (Å²) in [6.45, 7) is 1.55. The molecule has 1 N–H and O–H groups in total. The average molecular weight is 294 g/mol. The minimum atomic E-state index is -0.0606. The number of hydrogen-bond donors (Lipinski definition) is 1. The van der Waals surface area contributed by atoms with Crippen LogP contribution in [0.25, 0.3) is 0 Å². The number of piperidine rings is 1. The van der Waals surface area contributed by atoms with Gasteiger partial charge in [-0.15, -0.1) is 11.3 Å². The first-order valence-corrected chi connectivity index (χ1v) is 7.04. The lowest BCUT2D eigenvalue weighted by Crippen LogP contribution is -2.39. The Labute approximate surface area is 114 Å². The van der Waals surface area contributed by atoms with E-state index in [0.717, 1.165) is 12.8 Å². The molecule has 0 saturated carbocycles. The molecule has 1 aromatic rings. The molecular formula is C11H13Cl2NO2S. The van der Waals surface area contributed by atoms with Crippen LogP contribution >= 0.6 is 34.5 Å². The Hall–Kier alpha value is -0.290. The molecule has 0 unspecified atom stereocenters. The molecule has 2 heterocycles. The summed E-state index contributed by atoms with van der Waals surface area (Å²) in [5.74, 6) is 0.259. The second kappa shape index (κ2) is 5.57. The maximum Gasteiger partial charge on any atom is 0.256 e.